The lowest BCUT2D eigenvalue weighted by Gasteiger charge is -2.38. The van der Waals surface area contributed by atoms with Gasteiger partial charge in [-0.15, -0.1) is 0 Å². The van der Waals surface area contributed by atoms with E-state index in [1.165, 1.54) is 0 Å². The highest BCUT2D eigenvalue weighted by Crippen LogP contribution is 2.28. The first-order valence-electron chi connectivity index (χ1n) is 7.13. The lowest BCUT2D eigenvalue weighted by molar-refractivity contribution is -0.141. The third-order valence-corrected chi connectivity index (χ3v) is 4.33. The first-order valence-corrected chi connectivity index (χ1v) is 7.51. The molecule has 0 spiro atoms. The summed E-state index contributed by atoms with van der Waals surface area (Å²) in [5.74, 6) is 0.143. The van der Waals surface area contributed by atoms with Gasteiger partial charge in [-0.1, -0.05) is 23.7 Å². The number of hydrogen-bond donors (Lipinski definition) is 0. The van der Waals surface area contributed by atoms with Crippen molar-refractivity contribution in [2.24, 2.45) is 0 Å². The second-order valence-corrected chi connectivity index (χ2v) is 6.37. The van der Waals surface area contributed by atoms with Crippen molar-refractivity contribution in [3.8, 4) is 0 Å². The summed E-state index contributed by atoms with van der Waals surface area (Å²) in [4.78, 5) is 27.7. The predicted molar refractivity (Wildman–Crippen MR) is 83.3 cm³/mol. The maximum absolute atomic E-state index is 12.8. The molecule has 0 bridgehead atoms. The van der Waals surface area contributed by atoms with E-state index in [4.69, 9.17) is 11.6 Å². The van der Waals surface area contributed by atoms with E-state index in [2.05, 4.69) is 0 Å². The van der Waals surface area contributed by atoms with E-state index in [1.54, 1.807) is 17.9 Å². The summed E-state index contributed by atoms with van der Waals surface area (Å²) < 4.78 is 0. The van der Waals surface area contributed by atoms with Crippen LogP contribution in [0.1, 0.15) is 26.3 Å². The fraction of sp³-hybridized carbons (Fsp3) is 0.500. The maximum Gasteiger partial charge on any atom is 0.232 e. The third-order valence-electron chi connectivity index (χ3n) is 4.09. The van der Waals surface area contributed by atoms with Crippen LogP contribution < -0.4 is 0 Å². The van der Waals surface area contributed by atoms with E-state index in [0.717, 1.165) is 5.56 Å². The number of benzene rings is 1. The van der Waals surface area contributed by atoms with Crippen LogP contribution >= 0.6 is 11.6 Å². The fourth-order valence-corrected chi connectivity index (χ4v) is 2.81. The highest BCUT2D eigenvalue weighted by molar-refractivity contribution is 6.30. The summed E-state index contributed by atoms with van der Waals surface area (Å²) in [5, 5.41) is 0.634. The fourth-order valence-electron chi connectivity index (χ4n) is 2.62. The number of amides is 2. The SMILES string of the molecule is CC(=O)N1CCN(C(=O)C(C)(C)c2cccc(Cl)c2)CC1. The molecule has 1 aromatic rings. The maximum atomic E-state index is 12.8. The van der Waals surface area contributed by atoms with Gasteiger partial charge in [0, 0.05) is 38.1 Å². The molecular formula is C16H21ClN2O2. The zero-order chi connectivity index (χ0) is 15.6. The minimum atomic E-state index is -0.622. The van der Waals surface area contributed by atoms with Gasteiger partial charge in [0.1, 0.15) is 0 Å². The standard InChI is InChI=1S/C16H21ClN2O2/c1-12(20)18-7-9-19(10-8-18)15(21)16(2,3)13-5-4-6-14(17)11-13/h4-6,11H,7-10H2,1-3H3. The zero-order valence-electron chi connectivity index (χ0n) is 12.7. The largest absolute Gasteiger partial charge is 0.339 e. The number of carbonyl (C=O) groups is 2. The van der Waals surface area contributed by atoms with Gasteiger partial charge in [0.2, 0.25) is 11.8 Å². The van der Waals surface area contributed by atoms with E-state index in [0.29, 0.717) is 31.2 Å². The molecule has 114 valence electrons. The Morgan fingerprint density at radius 3 is 2.19 bits per heavy atom. The van der Waals surface area contributed by atoms with Gasteiger partial charge < -0.3 is 9.80 Å². The van der Waals surface area contributed by atoms with Gasteiger partial charge in [-0.25, -0.2) is 0 Å². The van der Waals surface area contributed by atoms with E-state index >= 15 is 0 Å². The molecule has 0 atom stereocenters. The molecule has 0 N–H and O–H groups in total. The third kappa shape index (κ3) is 3.38. The smallest absolute Gasteiger partial charge is 0.232 e. The van der Waals surface area contributed by atoms with Crippen LogP contribution in [-0.2, 0) is 15.0 Å². The monoisotopic (exact) mass is 308 g/mol. The molecule has 1 aliphatic rings. The van der Waals surface area contributed by atoms with Crippen molar-refractivity contribution >= 4 is 23.4 Å². The van der Waals surface area contributed by atoms with Gasteiger partial charge in [0.25, 0.3) is 0 Å². The number of piperazine rings is 1. The van der Waals surface area contributed by atoms with Gasteiger partial charge in [-0.05, 0) is 31.5 Å². The average molecular weight is 309 g/mol. The Morgan fingerprint density at radius 1 is 1.10 bits per heavy atom. The highest BCUT2D eigenvalue weighted by Gasteiger charge is 2.35. The van der Waals surface area contributed by atoms with E-state index in [-0.39, 0.29) is 11.8 Å². The Balaban J connectivity index is 2.11. The first-order chi connectivity index (χ1) is 9.82. The highest BCUT2D eigenvalue weighted by atomic mass is 35.5. The van der Waals surface area contributed by atoms with Gasteiger partial charge in [0.15, 0.2) is 0 Å². The number of halogens is 1. The van der Waals surface area contributed by atoms with Crippen molar-refractivity contribution in [1.82, 2.24) is 9.80 Å². The summed E-state index contributed by atoms with van der Waals surface area (Å²) in [7, 11) is 0. The molecule has 0 radical (unpaired) electrons. The Labute approximate surface area is 130 Å². The van der Waals surface area contributed by atoms with Gasteiger partial charge >= 0.3 is 0 Å². The van der Waals surface area contributed by atoms with Crippen LogP contribution in [0.4, 0.5) is 0 Å². The minimum absolute atomic E-state index is 0.0659. The molecule has 1 heterocycles. The quantitative estimate of drug-likeness (QED) is 0.841. The molecule has 1 aliphatic heterocycles. The Kier molecular flexibility index (Phi) is 4.57. The zero-order valence-corrected chi connectivity index (χ0v) is 13.5. The molecule has 1 saturated heterocycles. The number of carbonyl (C=O) groups excluding carboxylic acids is 2. The topological polar surface area (TPSA) is 40.6 Å². The summed E-state index contributed by atoms with van der Waals surface area (Å²) in [5.41, 5.74) is 0.289. The van der Waals surface area contributed by atoms with Gasteiger partial charge in [-0.2, -0.15) is 0 Å². The summed E-state index contributed by atoms with van der Waals surface area (Å²) >= 11 is 6.03. The number of nitrogens with zero attached hydrogens (tertiary/aromatic N) is 2. The minimum Gasteiger partial charge on any atom is -0.339 e. The van der Waals surface area contributed by atoms with Gasteiger partial charge in [-0.3, -0.25) is 9.59 Å². The van der Waals surface area contributed by atoms with Crippen LogP contribution in [0, 0.1) is 0 Å². The van der Waals surface area contributed by atoms with Crippen molar-refractivity contribution in [2.75, 3.05) is 26.2 Å². The molecular weight excluding hydrogens is 288 g/mol. The molecule has 1 fully saturated rings. The molecule has 5 heteroatoms. The van der Waals surface area contributed by atoms with Crippen molar-refractivity contribution in [3.63, 3.8) is 0 Å². The van der Waals surface area contributed by atoms with Crippen LogP contribution in [0.2, 0.25) is 5.02 Å². The molecule has 21 heavy (non-hydrogen) atoms. The van der Waals surface area contributed by atoms with Crippen LogP contribution in [0.3, 0.4) is 0 Å². The van der Waals surface area contributed by atoms with Crippen LogP contribution in [0.5, 0.6) is 0 Å². The Bertz CT molecular complexity index is 549. The van der Waals surface area contributed by atoms with Crippen molar-refractivity contribution in [3.05, 3.63) is 34.9 Å². The van der Waals surface area contributed by atoms with Crippen molar-refractivity contribution in [1.29, 1.82) is 0 Å². The van der Waals surface area contributed by atoms with E-state index < -0.39 is 5.41 Å². The van der Waals surface area contributed by atoms with Crippen LogP contribution in [0.15, 0.2) is 24.3 Å². The average Bonchev–Trinajstić information content (AvgIpc) is 2.46. The number of rotatable bonds is 2. The second kappa shape index (κ2) is 6.06. The van der Waals surface area contributed by atoms with Crippen LogP contribution in [-0.4, -0.2) is 47.8 Å². The molecule has 0 aromatic heterocycles. The lowest BCUT2D eigenvalue weighted by Crippen LogP contribution is -2.54. The van der Waals surface area contributed by atoms with Crippen molar-refractivity contribution in [2.45, 2.75) is 26.2 Å². The van der Waals surface area contributed by atoms with Gasteiger partial charge in [0.05, 0.1) is 5.41 Å². The molecule has 2 amide bonds. The molecule has 4 nitrogen and oxygen atoms in total. The summed E-state index contributed by atoms with van der Waals surface area (Å²) in [6.07, 6.45) is 0. The summed E-state index contributed by atoms with van der Waals surface area (Å²) in [6.45, 7) is 7.77. The van der Waals surface area contributed by atoms with E-state index in [9.17, 15) is 9.59 Å². The first kappa shape index (κ1) is 15.8. The molecule has 0 aliphatic carbocycles. The van der Waals surface area contributed by atoms with Crippen molar-refractivity contribution < 1.29 is 9.59 Å². The molecule has 2 rings (SSSR count). The lowest BCUT2D eigenvalue weighted by atomic mass is 9.83. The summed E-state index contributed by atoms with van der Waals surface area (Å²) in [6, 6.07) is 7.43. The predicted octanol–water partition coefficient (Wildman–Crippen LogP) is 2.31. The Hall–Kier alpha value is -1.55. The Morgan fingerprint density at radius 2 is 1.67 bits per heavy atom. The molecule has 0 saturated carbocycles. The number of hydrogen-bond acceptors (Lipinski definition) is 2. The molecule has 0 unspecified atom stereocenters. The normalized spacial score (nSPS) is 16.0. The second-order valence-electron chi connectivity index (χ2n) is 5.93. The van der Waals surface area contributed by atoms with Crippen LogP contribution in [0.25, 0.3) is 0 Å². The van der Waals surface area contributed by atoms with E-state index in [1.807, 2.05) is 36.9 Å². The molecule has 1 aromatic carbocycles.